The fraction of sp³-hybridized carbons (Fsp3) is 0.500. The zero-order valence-electron chi connectivity index (χ0n) is 44.5. The van der Waals surface area contributed by atoms with Gasteiger partial charge in [-0.1, -0.05) is 97.5 Å². The average Bonchev–Trinajstić information content (AvgIpc) is 3.64. The van der Waals surface area contributed by atoms with Crippen LogP contribution in [-0.2, 0) is 30.7 Å². The number of likely N-dealkylation sites (N-methyl/N-ethyl adjacent to an activating group) is 1. The summed E-state index contributed by atoms with van der Waals surface area (Å²) in [6.07, 6.45) is 17.7. The van der Waals surface area contributed by atoms with Gasteiger partial charge in [0.15, 0.2) is 6.40 Å². The number of aromatic nitrogens is 4. The number of hydrazone groups is 1. The number of nitrogens with one attached hydrogen (secondary N) is 1. The molecule has 1 saturated carbocycles. The summed E-state index contributed by atoms with van der Waals surface area (Å²) >= 11 is 0. The molecule has 3 aliphatic rings. The number of nitrogens with two attached hydrogens (primary N) is 1. The van der Waals surface area contributed by atoms with Crippen molar-refractivity contribution in [3.05, 3.63) is 127 Å². The van der Waals surface area contributed by atoms with Crippen molar-refractivity contribution >= 4 is 17.3 Å². The third-order valence-corrected chi connectivity index (χ3v) is 15.5. The first-order valence-electron chi connectivity index (χ1n) is 26.5. The molecule has 2 aliphatic heterocycles. The fourth-order valence-electron chi connectivity index (χ4n) is 11.4. The largest absolute Gasteiger partial charge is 0.481 e. The topological polar surface area (TPSA) is 113 Å². The van der Waals surface area contributed by atoms with E-state index in [-0.39, 0.29) is 29.5 Å². The standard InChI is InChI=1S/C60H82N10O/c1-13-41(7)57-52(30-48(33-64-57)49-34-62-56(63-35-49)36-68-21-17-16-18-22-68)59-53-31-60(10,11)37-71-38-65-70(50-26-45(27-50)32-61)43(9)54(66-42(8)58(39(4)5)67(12)14-2)28-44-23-40(6)24-47(25-44)46-19-20-55(51(53)29-46)69(59)15-3/h14,19-20,23-25,29-30,33-35,38-39,41,45,50,54,58,66H,2,8-9,13,15-18,21-22,26-28,31-32,36-37,61H2,1,3-7,10-12H3. The van der Waals surface area contributed by atoms with E-state index in [4.69, 9.17) is 37.1 Å². The number of benzene rings is 2. The van der Waals surface area contributed by atoms with E-state index in [1.807, 2.05) is 24.8 Å². The molecular weight excluding hydrogens is 877 g/mol. The lowest BCUT2D eigenvalue weighted by atomic mass is 9.79. The average molecular weight is 959 g/mol. The molecule has 11 heteroatoms. The lowest BCUT2D eigenvalue weighted by Gasteiger charge is -2.44. The zero-order valence-corrected chi connectivity index (χ0v) is 44.5. The van der Waals surface area contributed by atoms with Crippen molar-refractivity contribution in [1.82, 2.24) is 39.6 Å². The Balaban J connectivity index is 1.26. The summed E-state index contributed by atoms with van der Waals surface area (Å²) in [4.78, 5) is 19.7. The van der Waals surface area contributed by atoms with Crippen LogP contribution in [0.1, 0.15) is 121 Å². The van der Waals surface area contributed by atoms with Gasteiger partial charge in [0.05, 0.1) is 48.4 Å². The van der Waals surface area contributed by atoms with Gasteiger partial charge in [-0.2, -0.15) is 0 Å². The van der Waals surface area contributed by atoms with Crippen molar-refractivity contribution in [2.45, 2.75) is 144 Å². The number of ether oxygens (including phenoxy) is 1. The Morgan fingerprint density at radius 3 is 2.37 bits per heavy atom. The van der Waals surface area contributed by atoms with E-state index in [0.717, 1.165) is 91.5 Å². The maximum absolute atomic E-state index is 6.56. The van der Waals surface area contributed by atoms with Crippen LogP contribution in [0.3, 0.4) is 0 Å². The smallest absolute Gasteiger partial charge is 0.193 e. The van der Waals surface area contributed by atoms with E-state index in [9.17, 15) is 0 Å². The van der Waals surface area contributed by atoms with E-state index >= 15 is 0 Å². The summed E-state index contributed by atoms with van der Waals surface area (Å²) in [6, 6.07) is 16.4. The molecule has 1 saturated heterocycles. The Hall–Kier alpha value is -5.78. The molecule has 3 aromatic heterocycles. The molecule has 3 atom stereocenters. The summed E-state index contributed by atoms with van der Waals surface area (Å²) < 4.78 is 9.08. The van der Waals surface area contributed by atoms with Crippen LogP contribution in [0.5, 0.6) is 0 Å². The van der Waals surface area contributed by atoms with E-state index in [1.54, 1.807) is 6.40 Å². The van der Waals surface area contributed by atoms with Gasteiger partial charge in [0.25, 0.3) is 0 Å². The van der Waals surface area contributed by atoms with Crippen LogP contribution >= 0.6 is 0 Å². The Kier molecular flexibility index (Phi) is 16.2. The number of nitrogens with zero attached hydrogens (tertiary/aromatic N) is 8. The highest BCUT2D eigenvalue weighted by atomic mass is 16.5. The molecule has 8 rings (SSSR count). The number of likely N-dealkylation sites (tertiary alicyclic amines) is 1. The van der Waals surface area contributed by atoms with Crippen LogP contribution in [0.15, 0.2) is 103 Å². The molecule has 1 aliphatic carbocycles. The first-order chi connectivity index (χ1) is 34.1. The molecule has 2 fully saturated rings. The maximum atomic E-state index is 6.56. The third kappa shape index (κ3) is 11.5. The van der Waals surface area contributed by atoms with Crippen LogP contribution in [0.2, 0.25) is 0 Å². The van der Waals surface area contributed by atoms with Crippen molar-refractivity contribution < 1.29 is 4.74 Å². The minimum absolute atomic E-state index is 0.0286. The molecule has 0 radical (unpaired) electrons. The van der Waals surface area contributed by atoms with Crippen molar-refractivity contribution in [2.24, 2.45) is 28.1 Å². The number of hydrogen-bond donors (Lipinski definition) is 2. The van der Waals surface area contributed by atoms with Gasteiger partial charge < -0.3 is 25.3 Å². The number of piperidine rings is 1. The molecular formula is C60H82N10O. The Bertz CT molecular complexity index is 2700. The van der Waals surface area contributed by atoms with Crippen LogP contribution in [-0.4, -0.2) is 92.1 Å². The van der Waals surface area contributed by atoms with Crippen molar-refractivity contribution in [3.8, 4) is 33.5 Å². The molecule has 2 aromatic carbocycles. The van der Waals surface area contributed by atoms with Gasteiger partial charge in [-0.25, -0.2) is 9.97 Å². The van der Waals surface area contributed by atoms with Gasteiger partial charge in [-0.3, -0.25) is 14.9 Å². The van der Waals surface area contributed by atoms with Crippen molar-refractivity contribution in [3.63, 3.8) is 0 Å². The van der Waals surface area contributed by atoms with Gasteiger partial charge >= 0.3 is 0 Å². The minimum Gasteiger partial charge on any atom is -0.481 e. The van der Waals surface area contributed by atoms with Gasteiger partial charge in [0.1, 0.15) is 5.82 Å². The SMILES string of the molecule is C=CN(C)C(C(=C)NC1Cc2cc(C)cc(c2)-c2ccc3c(c2)c(c(-c2cc(-c4cnc(CN5CCCCC5)nc4)cnc2C(C)CC)n3CC)CC(C)(C)COC=NN(C2CC(CN)C2)C1=C)C(C)C. The number of pyridine rings is 1. The zero-order chi connectivity index (χ0) is 50.6. The van der Waals surface area contributed by atoms with Crippen molar-refractivity contribution in [1.29, 1.82) is 0 Å². The molecule has 378 valence electrons. The molecule has 71 heavy (non-hydrogen) atoms. The van der Waals surface area contributed by atoms with Gasteiger partial charge in [-0.05, 0) is 143 Å². The molecule has 0 spiro atoms. The Morgan fingerprint density at radius 1 is 0.958 bits per heavy atom. The molecule has 0 amide bonds. The lowest BCUT2D eigenvalue weighted by Crippen LogP contribution is -2.49. The second kappa shape index (κ2) is 22.3. The van der Waals surface area contributed by atoms with Gasteiger partial charge in [0, 0.05) is 70.9 Å². The summed E-state index contributed by atoms with van der Waals surface area (Å²) in [7, 11) is 2.06. The number of fused-ring (bicyclic) bond motifs is 4. The van der Waals surface area contributed by atoms with Crippen LogP contribution in [0.4, 0.5) is 0 Å². The first-order valence-corrected chi connectivity index (χ1v) is 26.5. The van der Waals surface area contributed by atoms with E-state index < -0.39 is 0 Å². The molecule has 4 bridgehead atoms. The minimum atomic E-state index is -0.290. The van der Waals surface area contributed by atoms with Gasteiger partial charge in [-0.15, -0.1) is 5.10 Å². The normalized spacial score (nSPS) is 20.6. The van der Waals surface area contributed by atoms with E-state index in [2.05, 4.69) is 143 Å². The predicted molar refractivity (Wildman–Crippen MR) is 295 cm³/mol. The second-order valence-corrected chi connectivity index (χ2v) is 22.1. The van der Waals surface area contributed by atoms with Crippen LogP contribution in [0, 0.1) is 24.2 Å². The van der Waals surface area contributed by atoms with Crippen LogP contribution in [0.25, 0.3) is 44.4 Å². The highest BCUT2D eigenvalue weighted by molar-refractivity contribution is 5.96. The quantitative estimate of drug-likeness (QED) is 0.106. The second-order valence-electron chi connectivity index (χ2n) is 22.1. The summed E-state index contributed by atoms with van der Waals surface area (Å²) in [6.45, 7) is 36.6. The summed E-state index contributed by atoms with van der Waals surface area (Å²) in [5.74, 6) is 1.86. The molecule has 3 unspecified atom stereocenters. The predicted octanol–water partition coefficient (Wildman–Crippen LogP) is 11.9. The third-order valence-electron chi connectivity index (χ3n) is 15.5. The summed E-state index contributed by atoms with van der Waals surface area (Å²) in [5, 5.41) is 12.4. The maximum Gasteiger partial charge on any atom is 0.193 e. The summed E-state index contributed by atoms with van der Waals surface area (Å²) in [5.41, 5.74) is 20.5. The highest BCUT2D eigenvalue weighted by Crippen LogP contribution is 2.44. The van der Waals surface area contributed by atoms with E-state index in [0.29, 0.717) is 31.4 Å². The molecule has 5 aromatic rings. The first kappa shape index (κ1) is 51.6. The molecule has 11 nitrogen and oxygen atoms in total. The fourth-order valence-corrected chi connectivity index (χ4v) is 11.4. The van der Waals surface area contributed by atoms with Gasteiger partial charge in [0.2, 0.25) is 0 Å². The highest BCUT2D eigenvalue weighted by Gasteiger charge is 2.37. The number of aryl methyl sites for hydroxylation is 2. The molecule has 3 N–H and O–H groups in total. The molecule has 5 heterocycles. The van der Waals surface area contributed by atoms with E-state index in [1.165, 1.54) is 63.7 Å². The Labute approximate surface area is 425 Å². The van der Waals surface area contributed by atoms with Crippen LogP contribution < -0.4 is 11.1 Å². The van der Waals surface area contributed by atoms with Crippen molar-refractivity contribution in [2.75, 3.05) is 33.3 Å². The monoisotopic (exact) mass is 959 g/mol. The Morgan fingerprint density at radius 2 is 1.69 bits per heavy atom. The number of hydrogen-bond acceptors (Lipinski definition) is 10. The lowest BCUT2D eigenvalue weighted by molar-refractivity contribution is 0.102. The number of rotatable bonds is 15.